The quantitative estimate of drug-likeness (QED) is 0.430. The predicted octanol–water partition coefficient (Wildman–Crippen LogP) is 5.88. The molecule has 1 heterocycles. The van der Waals surface area contributed by atoms with Gasteiger partial charge in [-0.25, -0.2) is 4.79 Å². The lowest BCUT2D eigenvalue weighted by molar-refractivity contribution is 0.0595. The molecule has 33 heavy (non-hydrogen) atoms. The van der Waals surface area contributed by atoms with E-state index in [1.165, 1.54) is 13.5 Å². The van der Waals surface area contributed by atoms with Gasteiger partial charge >= 0.3 is 5.97 Å². The lowest BCUT2D eigenvalue weighted by Gasteiger charge is -2.34. The van der Waals surface area contributed by atoms with Gasteiger partial charge in [0.15, 0.2) is 0 Å². The van der Waals surface area contributed by atoms with Crippen molar-refractivity contribution < 1.29 is 19.1 Å². The molecule has 1 saturated carbocycles. The van der Waals surface area contributed by atoms with Crippen LogP contribution < -0.4 is 4.74 Å². The van der Waals surface area contributed by atoms with Crippen LogP contribution >= 0.6 is 11.6 Å². The van der Waals surface area contributed by atoms with Crippen LogP contribution in [-0.4, -0.2) is 29.9 Å². The molecule has 0 saturated heterocycles. The van der Waals surface area contributed by atoms with Gasteiger partial charge in [-0.1, -0.05) is 35.9 Å². The Balaban J connectivity index is 1.30. The van der Waals surface area contributed by atoms with E-state index in [4.69, 9.17) is 21.1 Å². The highest BCUT2D eigenvalue weighted by atomic mass is 35.5. The normalized spacial score (nSPS) is 15.2. The Bertz CT molecular complexity index is 1230. The number of rotatable bonds is 6. The molecule has 1 aliphatic carbocycles. The van der Waals surface area contributed by atoms with Crippen molar-refractivity contribution in [3.63, 3.8) is 0 Å². The first-order valence-corrected chi connectivity index (χ1v) is 11.4. The van der Waals surface area contributed by atoms with Gasteiger partial charge in [-0.3, -0.25) is 4.79 Å². The zero-order valence-electron chi connectivity index (χ0n) is 18.3. The molecule has 168 valence electrons. The molecule has 0 atom stereocenters. The fourth-order valence-corrected chi connectivity index (χ4v) is 4.58. The van der Waals surface area contributed by atoms with Crippen LogP contribution in [-0.2, 0) is 17.9 Å². The SMILES string of the molecule is COC(=O)c1cc(-c2cccc(COc3ccc4c(c3)CN(C3CCC3)C4=O)c2)ccc1Cl. The summed E-state index contributed by atoms with van der Waals surface area (Å²) in [5.41, 5.74) is 4.98. The lowest BCUT2D eigenvalue weighted by Crippen LogP contribution is -2.40. The van der Waals surface area contributed by atoms with Crippen LogP contribution in [0.25, 0.3) is 11.1 Å². The predicted molar refractivity (Wildman–Crippen MR) is 127 cm³/mol. The van der Waals surface area contributed by atoms with Gasteiger partial charge in [0.25, 0.3) is 5.91 Å². The monoisotopic (exact) mass is 461 g/mol. The number of esters is 1. The topological polar surface area (TPSA) is 55.8 Å². The van der Waals surface area contributed by atoms with Gasteiger partial charge in [-0.05, 0) is 77.9 Å². The number of halogens is 1. The van der Waals surface area contributed by atoms with Gasteiger partial charge in [-0.15, -0.1) is 0 Å². The molecule has 0 unspecified atom stereocenters. The number of hydrogen-bond donors (Lipinski definition) is 0. The van der Waals surface area contributed by atoms with E-state index in [0.717, 1.165) is 46.4 Å². The number of hydrogen-bond acceptors (Lipinski definition) is 4. The molecule has 0 aromatic heterocycles. The third-order valence-corrected chi connectivity index (χ3v) is 6.79. The van der Waals surface area contributed by atoms with Gasteiger partial charge in [0, 0.05) is 18.2 Å². The largest absolute Gasteiger partial charge is 0.489 e. The Hall–Kier alpha value is -3.31. The highest BCUT2D eigenvalue weighted by Crippen LogP contribution is 2.34. The highest BCUT2D eigenvalue weighted by molar-refractivity contribution is 6.33. The Kier molecular flexibility index (Phi) is 5.81. The molecule has 1 fully saturated rings. The maximum atomic E-state index is 12.6. The molecule has 3 aromatic carbocycles. The molecule has 0 bridgehead atoms. The Morgan fingerprint density at radius 2 is 1.88 bits per heavy atom. The van der Waals surface area contributed by atoms with Crippen LogP contribution in [0, 0.1) is 0 Å². The van der Waals surface area contributed by atoms with Crippen LogP contribution in [0.3, 0.4) is 0 Å². The summed E-state index contributed by atoms with van der Waals surface area (Å²) in [4.78, 5) is 26.6. The van der Waals surface area contributed by atoms with Crippen molar-refractivity contribution in [2.75, 3.05) is 7.11 Å². The summed E-state index contributed by atoms with van der Waals surface area (Å²) in [6.07, 6.45) is 3.42. The minimum absolute atomic E-state index is 0.142. The zero-order valence-corrected chi connectivity index (χ0v) is 19.1. The molecule has 5 rings (SSSR count). The molecule has 2 aliphatic rings. The minimum atomic E-state index is -0.465. The second-order valence-corrected chi connectivity index (χ2v) is 8.92. The van der Waals surface area contributed by atoms with Crippen molar-refractivity contribution in [2.24, 2.45) is 0 Å². The van der Waals surface area contributed by atoms with Crippen molar-refractivity contribution in [3.05, 3.63) is 87.9 Å². The van der Waals surface area contributed by atoms with Gasteiger partial charge < -0.3 is 14.4 Å². The van der Waals surface area contributed by atoms with Gasteiger partial charge in [0.1, 0.15) is 12.4 Å². The number of ether oxygens (including phenoxy) is 2. The molecule has 0 spiro atoms. The van der Waals surface area contributed by atoms with Crippen molar-refractivity contribution in [1.82, 2.24) is 4.90 Å². The Morgan fingerprint density at radius 3 is 2.64 bits per heavy atom. The standard InChI is InChI=1S/C27H24ClNO4/c1-32-27(31)24-14-19(8-11-25(24)28)18-5-2-4-17(12-18)16-33-22-9-10-23-20(13-22)15-29(26(23)30)21-6-3-7-21/h2,4-5,8-14,21H,3,6-7,15-16H2,1H3. The van der Waals surface area contributed by atoms with E-state index in [1.54, 1.807) is 12.1 Å². The first-order valence-electron chi connectivity index (χ1n) is 11.1. The van der Waals surface area contributed by atoms with Crippen LogP contribution in [0.2, 0.25) is 5.02 Å². The maximum absolute atomic E-state index is 12.6. The first-order chi connectivity index (χ1) is 16.0. The highest BCUT2D eigenvalue weighted by Gasteiger charge is 2.35. The van der Waals surface area contributed by atoms with E-state index in [0.29, 0.717) is 29.8 Å². The summed E-state index contributed by atoms with van der Waals surface area (Å²) < 4.78 is 10.9. The first kappa shape index (κ1) is 21.5. The molecule has 3 aromatic rings. The van der Waals surface area contributed by atoms with E-state index in [-0.39, 0.29) is 5.91 Å². The molecular weight excluding hydrogens is 438 g/mol. The molecule has 6 heteroatoms. The average molecular weight is 462 g/mol. The summed E-state index contributed by atoms with van der Waals surface area (Å²) in [6, 6.07) is 19.4. The number of methoxy groups -OCH3 is 1. The number of carbonyl (C=O) groups is 2. The summed E-state index contributed by atoms with van der Waals surface area (Å²) in [5, 5.41) is 0.357. The third kappa shape index (κ3) is 4.21. The van der Waals surface area contributed by atoms with Gasteiger partial charge in [0.05, 0.1) is 17.7 Å². The number of nitrogens with zero attached hydrogens (tertiary/aromatic N) is 1. The second kappa shape index (κ2) is 8.91. The number of amides is 1. The van der Waals surface area contributed by atoms with E-state index in [9.17, 15) is 9.59 Å². The summed E-state index contributed by atoms with van der Waals surface area (Å²) in [5.74, 6) is 0.428. The van der Waals surface area contributed by atoms with E-state index < -0.39 is 5.97 Å². The van der Waals surface area contributed by atoms with Crippen molar-refractivity contribution in [1.29, 1.82) is 0 Å². The fraction of sp³-hybridized carbons (Fsp3) is 0.259. The minimum Gasteiger partial charge on any atom is -0.489 e. The van der Waals surface area contributed by atoms with Crippen LogP contribution in [0.1, 0.15) is 51.1 Å². The molecule has 0 N–H and O–H groups in total. The maximum Gasteiger partial charge on any atom is 0.339 e. The van der Waals surface area contributed by atoms with Crippen molar-refractivity contribution in [2.45, 2.75) is 38.5 Å². The van der Waals surface area contributed by atoms with E-state index in [2.05, 4.69) is 0 Å². The molecule has 0 radical (unpaired) electrons. The van der Waals surface area contributed by atoms with Crippen LogP contribution in [0.4, 0.5) is 0 Å². The van der Waals surface area contributed by atoms with Gasteiger partial charge in [0.2, 0.25) is 0 Å². The Morgan fingerprint density at radius 1 is 1.06 bits per heavy atom. The molecular formula is C27H24ClNO4. The summed E-state index contributed by atoms with van der Waals surface area (Å²) in [6.45, 7) is 1.06. The lowest BCUT2D eigenvalue weighted by atomic mass is 9.92. The molecule has 1 amide bonds. The average Bonchev–Trinajstić information content (AvgIpc) is 3.11. The van der Waals surface area contributed by atoms with Gasteiger partial charge in [-0.2, -0.15) is 0 Å². The number of benzene rings is 3. The summed E-state index contributed by atoms with van der Waals surface area (Å²) in [7, 11) is 1.34. The van der Waals surface area contributed by atoms with Crippen LogP contribution in [0.15, 0.2) is 60.7 Å². The van der Waals surface area contributed by atoms with E-state index >= 15 is 0 Å². The molecule has 5 nitrogen and oxygen atoms in total. The Labute approximate surface area is 197 Å². The van der Waals surface area contributed by atoms with E-state index in [1.807, 2.05) is 53.4 Å². The van der Waals surface area contributed by atoms with Crippen molar-refractivity contribution in [3.8, 4) is 16.9 Å². The fourth-order valence-electron chi connectivity index (χ4n) is 4.38. The summed E-state index contributed by atoms with van der Waals surface area (Å²) >= 11 is 6.15. The number of carbonyl (C=O) groups excluding carboxylic acids is 2. The molecule has 1 aliphatic heterocycles. The second-order valence-electron chi connectivity index (χ2n) is 8.51. The zero-order chi connectivity index (χ0) is 22.9. The number of fused-ring (bicyclic) bond motifs is 1. The third-order valence-electron chi connectivity index (χ3n) is 6.46. The smallest absolute Gasteiger partial charge is 0.339 e. The van der Waals surface area contributed by atoms with Crippen molar-refractivity contribution >= 4 is 23.5 Å². The van der Waals surface area contributed by atoms with Crippen LogP contribution in [0.5, 0.6) is 5.75 Å².